The number of esters is 1. The van der Waals surface area contributed by atoms with Crippen molar-refractivity contribution in [3.05, 3.63) is 35.9 Å². The first-order valence-electron chi connectivity index (χ1n) is 11.6. The molecule has 0 radical (unpaired) electrons. The van der Waals surface area contributed by atoms with Crippen LogP contribution < -0.4 is 5.73 Å². The van der Waals surface area contributed by atoms with Crippen LogP contribution in [0.3, 0.4) is 0 Å². The van der Waals surface area contributed by atoms with Gasteiger partial charge < -0.3 is 30.9 Å². The van der Waals surface area contributed by atoms with Gasteiger partial charge in [0, 0.05) is 32.8 Å². The van der Waals surface area contributed by atoms with E-state index in [4.69, 9.17) is 25.8 Å². The number of rotatable bonds is 16. The van der Waals surface area contributed by atoms with E-state index in [1.54, 1.807) is 0 Å². The Morgan fingerprint density at radius 2 is 1.40 bits per heavy atom. The summed E-state index contributed by atoms with van der Waals surface area (Å²) in [5.41, 5.74) is 6.07. The van der Waals surface area contributed by atoms with Crippen molar-refractivity contribution in [2.24, 2.45) is 17.6 Å². The number of benzene rings is 1. The van der Waals surface area contributed by atoms with Crippen molar-refractivity contribution in [2.45, 2.75) is 58.5 Å². The molecule has 0 saturated carbocycles. The van der Waals surface area contributed by atoms with Gasteiger partial charge in [-0.1, -0.05) is 43.7 Å². The maximum atomic E-state index is 11.8. The number of aliphatic hydroxyl groups is 3. The van der Waals surface area contributed by atoms with E-state index < -0.39 is 30.4 Å². The van der Waals surface area contributed by atoms with E-state index in [2.05, 4.69) is 0 Å². The van der Waals surface area contributed by atoms with E-state index in [1.807, 2.05) is 37.3 Å². The lowest BCUT2D eigenvalue weighted by molar-refractivity contribution is -0.153. The van der Waals surface area contributed by atoms with Crippen LogP contribution in [0.5, 0.6) is 0 Å². The van der Waals surface area contributed by atoms with Crippen molar-refractivity contribution >= 4 is 23.5 Å². The Morgan fingerprint density at radius 3 is 1.86 bits per heavy atom. The summed E-state index contributed by atoms with van der Waals surface area (Å²) in [6.07, 6.45) is 3.02. The summed E-state index contributed by atoms with van der Waals surface area (Å²) in [6, 6.07) is 9.32. The first-order valence-corrected chi connectivity index (χ1v) is 11.6. The van der Waals surface area contributed by atoms with Crippen LogP contribution in [0.4, 0.5) is 0 Å². The second-order valence-corrected chi connectivity index (χ2v) is 7.67. The van der Waals surface area contributed by atoms with Crippen molar-refractivity contribution in [2.75, 3.05) is 26.9 Å². The molecule has 10 heteroatoms. The molecule has 10 nitrogen and oxygen atoms in total. The van der Waals surface area contributed by atoms with Gasteiger partial charge in [-0.15, -0.1) is 0 Å². The Labute approximate surface area is 207 Å². The second-order valence-electron chi connectivity index (χ2n) is 7.67. The molecule has 0 amide bonds. The SMILES string of the molecule is CCCCC(=O)C[C@@H](CO)C(=O)OCc1ccccc1.CO.NCCCC(=O)C[C@@H](CO)C(=O)O. The zero-order chi connectivity index (χ0) is 27.1. The number of unbranched alkanes of at least 4 members (excludes halogenated alkanes) is 1. The van der Waals surface area contributed by atoms with Gasteiger partial charge in [0.05, 0.1) is 25.0 Å². The number of carbonyl (C=O) groups is 4. The summed E-state index contributed by atoms with van der Waals surface area (Å²) in [7, 11) is 1.00. The molecule has 2 atom stereocenters. The van der Waals surface area contributed by atoms with Crippen LogP contribution in [0.1, 0.15) is 57.4 Å². The molecule has 1 aromatic carbocycles. The van der Waals surface area contributed by atoms with E-state index in [1.165, 1.54) is 0 Å². The largest absolute Gasteiger partial charge is 0.481 e. The van der Waals surface area contributed by atoms with Gasteiger partial charge >= 0.3 is 11.9 Å². The molecule has 0 aromatic heterocycles. The number of nitrogens with two attached hydrogens (primary N) is 1. The van der Waals surface area contributed by atoms with Gasteiger partial charge in [0.2, 0.25) is 0 Å². The van der Waals surface area contributed by atoms with Crippen LogP contribution in [0.15, 0.2) is 30.3 Å². The molecule has 1 aromatic rings. The highest BCUT2D eigenvalue weighted by Gasteiger charge is 2.22. The highest BCUT2D eigenvalue weighted by Crippen LogP contribution is 2.11. The van der Waals surface area contributed by atoms with E-state index >= 15 is 0 Å². The standard InChI is InChI=1S/C16H22O4.C8H15NO4.CH4O/c1-2-3-9-15(18)10-14(11-17)16(19)20-12-13-7-5-4-6-8-13;9-3-1-2-7(11)4-6(5-10)8(12)13;1-2/h4-8,14,17H,2-3,9-12H2,1H3;6,10H,1-5,9H2,(H,12,13);2H,1H3/t14-;6-;/m00./s1. The first-order chi connectivity index (χ1) is 16.8. The summed E-state index contributed by atoms with van der Waals surface area (Å²) < 4.78 is 5.14. The summed E-state index contributed by atoms with van der Waals surface area (Å²) >= 11 is 0. The Kier molecular flexibility index (Phi) is 22.8. The molecule has 0 aliphatic heterocycles. The van der Waals surface area contributed by atoms with E-state index in [0.717, 1.165) is 25.5 Å². The number of hydrogen-bond acceptors (Lipinski definition) is 9. The minimum Gasteiger partial charge on any atom is -0.481 e. The lowest BCUT2D eigenvalue weighted by Crippen LogP contribution is -2.24. The van der Waals surface area contributed by atoms with Crippen LogP contribution in [-0.4, -0.2) is 70.8 Å². The fourth-order valence-corrected chi connectivity index (χ4v) is 2.73. The summed E-state index contributed by atoms with van der Waals surface area (Å²) in [6.45, 7) is 1.74. The average Bonchev–Trinajstić information content (AvgIpc) is 2.88. The lowest BCUT2D eigenvalue weighted by Gasteiger charge is -2.13. The zero-order valence-corrected chi connectivity index (χ0v) is 20.7. The Balaban J connectivity index is 0. The number of carboxylic acid groups (broad SMARTS) is 1. The molecular weight excluding hydrogens is 458 g/mol. The quantitative estimate of drug-likeness (QED) is 0.209. The summed E-state index contributed by atoms with van der Waals surface area (Å²) in [5, 5.41) is 33.3. The van der Waals surface area contributed by atoms with Crippen LogP contribution in [-0.2, 0) is 30.5 Å². The second kappa shape index (κ2) is 23.1. The number of aliphatic carboxylic acids is 1. The maximum Gasteiger partial charge on any atom is 0.312 e. The molecule has 0 saturated heterocycles. The predicted octanol–water partition coefficient (Wildman–Crippen LogP) is 1.47. The molecule has 6 N–H and O–H groups in total. The number of ether oxygens (including phenoxy) is 1. The molecule has 0 fully saturated rings. The normalized spacial score (nSPS) is 11.6. The molecule has 0 aliphatic carbocycles. The van der Waals surface area contributed by atoms with Gasteiger partial charge in [-0.05, 0) is 24.9 Å². The van der Waals surface area contributed by atoms with Crippen LogP contribution in [0, 0.1) is 11.8 Å². The smallest absolute Gasteiger partial charge is 0.312 e. The minimum absolute atomic E-state index is 0.00237. The van der Waals surface area contributed by atoms with Gasteiger partial charge in [0.15, 0.2) is 0 Å². The van der Waals surface area contributed by atoms with Gasteiger partial charge in [-0.25, -0.2) is 0 Å². The Morgan fingerprint density at radius 1 is 0.886 bits per heavy atom. The first kappa shape index (κ1) is 34.5. The van der Waals surface area contributed by atoms with E-state index in [9.17, 15) is 24.3 Å². The molecule has 35 heavy (non-hydrogen) atoms. The summed E-state index contributed by atoms with van der Waals surface area (Å²) in [5.74, 6) is -3.52. The molecule has 1 rings (SSSR count). The van der Waals surface area contributed by atoms with Crippen molar-refractivity contribution in [1.82, 2.24) is 0 Å². The third-order valence-corrected chi connectivity index (χ3v) is 4.76. The molecule has 0 aliphatic rings. The molecule has 0 heterocycles. The fourth-order valence-electron chi connectivity index (χ4n) is 2.73. The molecule has 0 bridgehead atoms. The van der Waals surface area contributed by atoms with Crippen molar-refractivity contribution in [1.29, 1.82) is 0 Å². The number of Topliss-reactive ketones (excluding diaryl/α,β-unsaturated/α-hetero) is 2. The number of carbonyl (C=O) groups excluding carboxylic acids is 3. The fraction of sp³-hybridized carbons (Fsp3) is 0.600. The monoisotopic (exact) mass is 499 g/mol. The highest BCUT2D eigenvalue weighted by atomic mass is 16.5. The molecular formula is C25H41NO9. The molecule has 200 valence electrons. The van der Waals surface area contributed by atoms with Gasteiger partial charge in [-0.3, -0.25) is 19.2 Å². The topological polar surface area (TPSA) is 184 Å². The summed E-state index contributed by atoms with van der Waals surface area (Å²) in [4.78, 5) is 44.9. The van der Waals surface area contributed by atoms with Gasteiger partial charge in [0.25, 0.3) is 0 Å². The molecule has 0 spiro atoms. The van der Waals surface area contributed by atoms with E-state index in [0.29, 0.717) is 25.8 Å². The molecule has 0 unspecified atom stereocenters. The lowest BCUT2D eigenvalue weighted by atomic mass is 10.0. The van der Waals surface area contributed by atoms with Gasteiger partial charge in [0.1, 0.15) is 18.2 Å². The number of hydrogen-bond donors (Lipinski definition) is 5. The Hall–Kier alpha value is -2.66. The van der Waals surface area contributed by atoms with Crippen molar-refractivity contribution < 1.29 is 44.3 Å². The van der Waals surface area contributed by atoms with Crippen molar-refractivity contribution in [3.63, 3.8) is 0 Å². The maximum absolute atomic E-state index is 11.8. The van der Waals surface area contributed by atoms with Crippen molar-refractivity contribution in [3.8, 4) is 0 Å². The highest BCUT2D eigenvalue weighted by molar-refractivity contribution is 5.84. The zero-order valence-electron chi connectivity index (χ0n) is 20.7. The number of ketones is 2. The van der Waals surface area contributed by atoms with E-state index in [-0.39, 0.29) is 37.6 Å². The Bertz CT molecular complexity index is 710. The third kappa shape index (κ3) is 18.4. The van der Waals surface area contributed by atoms with Gasteiger partial charge in [-0.2, -0.15) is 0 Å². The predicted molar refractivity (Wildman–Crippen MR) is 130 cm³/mol. The van der Waals surface area contributed by atoms with Crippen LogP contribution >= 0.6 is 0 Å². The third-order valence-electron chi connectivity index (χ3n) is 4.76. The number of carboxylic acids is 1. The number of aliphatic hydroxyl groups excluding tert-OH is 3. The van der Waals surface area contributed by atoms with Crippen LogP contribution in [0.2, 0.25) is 0 Å². The average molecular weight is 500 g/mol. The van der Waals surface area contributed by atoms with Crippen LogP contribution in [0.25, 0.3) is 0 Å². The minimum atomic E-state index is -1.14.